The van der Waals surface area contributed by atoms with Crippen molar-refractivity contribution in [2.45, 2.75) is 0 Å². The molecular formula is C12H10F2N2O2. The van der Waals surface area contributed by atoms with Crippen LogP contribution in [-0.2, 0) is 0 Å². The lowest BCUT2D eigenvalue weighted by atomic mass is 10.3. The second kappa shape index (κ2) is 4.87. The summed E-state index contributed by atoms with van der Waals surface area (Å²) in [5.74, 6) is -1.13. The van der Waals surface area contributed by atoms with Gasteiger partial charge in [-0.15, -0.1) is 0 Å². The molecule has 0 atom stereocenters. The molecule has 2 N–H and O–H groups in total. The van der Waals surface area contributed by atoms with Gasteiger partial charge >= 0.3 is 0 Å². The van der Waals surface area contributed by atoms with Crippen molar-refractivity contribution in [3.05, 3.63) is 42.1 Å². The Labute approximate surface area is 102 Å². The van der Waals surface area contributed by atoms with Crippen LogP contribution in [0.2, 0.25) is 0 Å². The van der Waals surface area contributed by atoms with Gasteiger partial charge in [-0.1, -0.05) is 0 Å². The first-order valence-electron chi connectivity index (χ1n) is 5.02. The SMILES string of the molecule is COc1ccc(Oc2cc(F)c(N)cc2F)nc1. The number of aromatic nitrogens is 1. The lowest BCUT2D eigenvalue weighted by Crippen LogP contribution is -1.96. The van der Waals surface area contributed by atoms with Gasteiger partial charge in [0.1, 0.15) is 11.6 Å². The Kier molecular flexibility index (Phi) is 3.27. The van der Waals surface area contributed by atoms with E-state index in [1.807, 2.05) is 0 Å². The van der Waals surface area contributed by atoms with Crippen LogP contribution in [-0.4, -0.2) is 12.1 Å². The summed E-state index contributed by atoms with van der Waals surface area (Å²) in [5, 5.41) is 0. The van der Waals surface area contributed by atoms with Crippen LogP contribution < -0.4 is 15.2 Å². The van der Waals surface area contributed by atoms with E-state index < -0.39 is 11.6 Å². The molecule has 94 valence electrons. The lowest BCUT2D eigenvalue weighted by molar-refractivity contribution is 0.402. The van der Waals surface area contributed by atoms with Gasteiger partial charge in [-0.2, -0.15) is 0 Å². The van der Waals surface area contributed by atoms with Crippen LogP contribution in [0, 0.1) is 11.6 Å². The minimum atomic E-state index is -0.758. The van der Waals surface area contributed by atoms with Crippen LogP contribution in [0.3, 0.4) is 0 Å². The van der Waals surface area contributed by atoms with Gasteiger partial charge in [0.15, 0.2) is 11.6 Å². The number of nitrogens with two attached hydrogens (primary N) is 1. The third kappa shape index (κ3) is 2.48. The average molecular weight is 252 g/mol. The van der Waals surface area contributed by atoms with Gasteiger partial charge in [-0.05, 0) is 6.07 Å². The first-order chi connectivity index (χ1) is 8.60. The number of benzene rings is 1. The molecule has 0 radical (unpaired) electrons. The van der Waals surface area contributed by atoms with E-state index in [2.05, 4.69) is 4.98 Å². The maximum atomic E-state index is 13.4. The zero-order chi connectivity index (χ0) is 13.1. The molecule has 0 amide bonds. The predicted octanol–water partition coefficient (Wildman–Crippen LogP) is 2.74. The number of nitrogens with zero attached hydrogens (tertiary/aromatic N) is 1. The van der Waals surface area contributed by atoms with Gasteiger partial charge in [0.2, 0.25) is 5.88 Å². The Hall–Kier alpha value is -2.37. The minimum absolute atomic E-state index is 0.124. The number of anilines is 1. The third-order valence-corrected chi connectivity index (χ3v) is 2.21. The molecule has 0 aliphatic carbocycles. The van der Waals surface area contributed by atoms with Crippen molar-refractivity contribution in [1.29, 1.82) is 0 Å². The third-order valence-electron chi connectivity index (χ3n) is 2.21. The quantitative estimate of drug-likeness (QED) is 0.853. The fourth-order valence-corrected chi connectivity index (χ4v) is 1.28. The Morgan fingerprint density at radius 1 is 1.17 bits per heavy atom. The molecule has 0 aliphatic rings. The molecule has 4 nitrogen and oxygen atoms in total. The van der Waals surface area contributed by atoms with Gasteiger partial charge in [0, 0.05) is 18.2 Å². The molecule has 18 heavy (non-hydrogen) atoms. The topological polar surface area (TPSA) is 57.4 Å². The molecule has 1 heterocycles. The van der Waals surface area contributed by atoms with Crippen molar-refractivity contribution in [3.63, 3.8) is 0 Å². The van der Waals surface area contributed by atoms with E-state index in [0.717, 1.165) is 12.1 Å². The number of rotatable bonds is 3. The summed E-state index contributed by atoms with van der Waals surface area (Å²) in [7, 11) is 1.49. The number of pyridine rings is 1. The first kappa shape index (κ1) is 12.1. The van der Waals surface area contributed by atoms with E-state index in [1.165, 1.54) is 19.4 Å². The van der Waals surface area contributed by atoms with Crippen molar-refractivity contribution < 1.29 is 18.3 Å². The molecule has 0 bridgehead atoms. The molecule has 6 heteroatoms. The van der Waals surface area contributed by atoms with Crippen molar-refractivity contribution in [2.24, 2.45) is 0 Å². The number of nitrogen functional groups attached to an aromatic ring is 1. The molecule has 0 aliphatic heterocycles. The Morgan fingerprint density at radius 3 is 2.56 bits per heavy atom. The summed E-state index contributed by atoms with van der Waals surface area (Å²) in [6.07, 6.45) is 1.40. The number of ether oxygens (including phenoxy) is 2. The highest BCUT2D eigenvalue weighted by molar-refractivity contribution is 5.45. The van der Waals surface area contributed by atoms with Crippen molar-refractivity contribution >= 4 is 5.69 Å². The zero-order valence-electron chi connectivity index (χ0n) is 9.48. The van der Waals surface area contributed by atoms with Gasteiger partial charge in [0.05, 0.1) is 19.0 Å². The van der Waals surface area contributed by atoms with Crippen LogP contribution in [0.4, 0.5) is 14.5 Å². The molecule has 0 fully saturated rings. The summed E-state index contributed by atoms with van der Waals surface area (Å²) in [6.45, 7) is 0. The van der Waals surface area contributed by atoms with Crippen LogP contribution >= 0.6 is 0 Å². The average Bonchev–Trinajstić information content (AvgIpc) is 2.37. The summed E-state index contributed by atoms with van der Waals surface area (Å²) in [4.78, 5) is 3.87. The van der Waals surface area contributed by atoms with Gasteiger partial charge < -0.3 is 15.2 Å². The van der Waals surface area contributed by atoms with E-state index in [4.69, 9.17) is 15.2 Å². The Balaban J connectivity index is 2.25. The summed E-state index contributed by atoms with van der Waals surface area (Å²) < 4.78 is 36.6. The fraction of sp³-hybridized carbons (Fsp3) is 0.0833. The standard InChI is InChI=1S/C12H10F2N2O2/c1-17-7-2-3-12(16-6-7)18-11-5-8(13)10(15)4-9(11)14/h2-6H,15H2,1H3. The van der Waals surface area contributed by atoms with E-state index in [9.17, 15) is 8.78 Å². The monoisotopic (exact) mass is 252 g/mol. The number of hydrogen-bond donors (Lipinski definition) is 1. The molecule has 0 unspecified atom stereocenters. The molecule has 1 aromatic carbocycles. The summed E-state index contributed by atoms with van der Waals surface area (Å²) >= 11 is 0. The lowest BCUT2D eigenvalue weighted by Gasteiger charge is -2.07. The van der Waals surface area contributed by atoms with Gasteiger partial charge in [0.25, 0.3) is 0 Å². The number of methoxy groups -OCH3 is 1. The van der Waals surface area contributed by atoms with E-state index >= 15 is 0 Å². The van der Waals surface area contributed by atoms with Gasteiger partial charge in [-0.25, -0.2) is 13.8 Å². The first-order valence-corrected chi connectivity index (χ1v) is 5.02. The largest absolute Gasteiger partial charge is 0.495 e. The molecule has 1 aromatic heterocycles. The van der Waals surface area contributed by atoms with Crippen molar-refractivity contribution in [1.82, 2.24) is 4.98 Å². The summed E-state index contributed by atoms with van der Waals surface area (Å²) in [5.41, 5.74) is 4.94. The van der Waals surface area contributed by atoms with Crippen LogP contribution in [0.5, 0.6) is 17.4 Å². The highest BCUT2D eigenvalue weighted by atomic mass is 19.1. The van der Waals surface area contributed by atoms with E-state index in [-0.39, 0.29) is 17.3 Å². The van der Waals surface area contributed by atoms with Crippen LogP contribution in [0.25, 0.3) is 0 Å². The fourth-order valence-electron chi connectivity index (χ4n) is 1.28. The number of hydrogen-bond acceptors (Lipinski definition) is 4. The Morgan fingerprint density at radius 2 is 1.94 bits per heavy atom. The van der Waals surface area contributed by atoms with Crippen LogP contribution in [0.15, 0.2) is 30.5 Å². The molecule has 0 spiro atoms. The molecule has 0 saturated carbocycles. The predicted molar refractivity (Wildman–Crippen MR) is 61.6 cm³/mol. The molecule has 0 saturated heterocycles. The second-order valence-electron chi connectivity index (χ2n) is 3.44. The summed E-state index contributed by atoms with van der Waals surface area (Å²) in [6, 6.07) is 4.80. The second-order valence-corrected chi connectivity index (χ2v) is 3.44. The highest BCUT2D eigenvalue weighted by Gasteiger charge is 2.10. The molecule has 2 aromatic rings. The minimum Gasteiger partial charge on any atom is -0.495 e. The number of halogens is 2. The molecular weight excluding hydrogens is 242 g/mol. The maximum Gasteiger partial charge on any atom is 0.219 e. The Bertz CT molecular complexity index is 559. The normalized spacial score (nSPS) is 10.2. The van der Waals surface area contributed by atoms with Crippen molar-refractivity contribution in [2.75, 3.05) is 12.8 Å². The highest BCUT2D eigenvalue weighted by Crippen LogP contribution is 2.27. The van der Waals surface area contributed by atoms with E-state index in [0.29, 0.717) is 5.75 Å². The van der Waals surface area contributed by atoms with E-state index in [1.54, 1.807) is 6.07 Å². The molecule has 2 rings (SSSR count). The smallest absolute Gasteiger partial charge is 0.219 e. The van der Waals surface area contributed by atoms with Crippen molar-refractivity contribution in [3.8, 4) is 17.4 Å². The van der Waals surface area contributed by atoms with Gasteiger partial charge in [-0.3, -0.25) is 0 Å². The zero-order valence-corrected chi connectivity index (χ0v) is 9.48. The maximum absolute atomic E-state index is 13.4. The van der Waals surface area contributed by atoms with Crippen LogP contribution in [0.1, 0.15) is 0 Å².